The minimum atomic E-state index is -0.0932. The van der Waals surface area contributed by atoms with Crippen LogP contribution in [0.4, 0.5) is 11.6 Å². The number of amides is 1. The molecule has 9 nitrogen and oxygen atoms in total. The normalized spacial score (nSPS) is 16.0. The number of hydroxylamine groups is 1. The first kappa shape index (κ1) is 18.7. The maximum absolute atomic E-state index is 12.5. The summed E-state index contributed by atoms with van der Waals surface area (Å²) in [6, 6.07) is 3.54. The minimum absolute atomic E-state index is 0.0932. The van der Waals surface area contributed by atoms with Gasteiger partial charge in [-0.3, -0.25) is 4.79 Å². The van der Waals surface area contributed by atoms with Crippen molar-refractivity contribution in [3.8, 4) is 11.8 Å². The Labute approximate surface area is 168 Å². The van der Waals surface area contributed by atoms with E-state index in [1.165, 1.54) is 0 Å². The first-order valence-electron chi connectivity index (χ1n) is 9.31. The summed E-state index contributed by atoms with van der Waals surface area (Å²) in [7, 11) is 0. The van der Waals surface area contributed by atoms with E-state index < -0.39 is 0 Å². The van der Waals surface area contributed by atoms with Gasteiger partial charge in [0.2, 0.25) is 5.76 Å². The summed E-state index contributed by atoms with van der Waals surface area (Å²) in [6.07, 6.45) is 4.93. The fourth-order valence-electron chi connectivity index (χ4n) is 3.16. The Hall–Kier alpha value is -3.64. The van der Waals surface area contributed by atoms with E-state index in [9.17, 15) is 4.79 Å². The van der Waals surface area contributed by atoms with Crippen molar-refractivity contribution in [2.75, 3.05) is 43.4 Å². The van der Waals surface area contributed by atoms with E-state index in [0.29, 0.717) is 44.3 Å². The molecule has 2 aromatic heterocycles. The van der Waals surface area contributed by atoms with Crippen LogP contribution in [0.15, 0.2) is 36.5 Å². The fraction of sp³-hybridized carbons (Fsp3) is 0.300. The Bertz CT molecular complexity index is 1000. The molecule has 0 bridgehead atoms. The summed E-state index contributed by atoms with van der Waals surface area (Å²) in [5, 5.41) is 0. The highest BCUT2D eigenvalue weighted by Crippen LogP contribution is 2.21. The molecular weight excluding hydrogens is 370 g/mol. The molecule has 3 N–H and O–H groups in total. The predicted molar refractivity (Wildman–Crippen MR) is 107 cm³/mol. The average Bonchev–Trinajstić information content (AvgIpc) is 3.28. The molecule has 1 amide bonds. The van der Waals surface area contributed by atoms with Gasteiger partial charge in [0.25, 0.3) is 5.91 Å². The van der Waals surface area contributed by atoms with Crippen LogP contribution in [-0.2, 0) is 9.63 Å². The van der Waals surface area contributed by atoms with Gasteiger partial charge in [0, 0.05) is 37.9 Å². The number of nitrogens with one attached hydrogen (secondary N) is 1. The topological polar surface area (TPSA) is 110 Å². The van der Waals surface area contributed by atoms with Gasteiger partial charge in [0.05, 0.1) is 17.8 Å². The van der Waals surface area contributed by atoms with Gasteiger partial charge in [-0.1, -0.05) is 11.8 Å². The smallest absolute Gasteiger partial charge is 0.291 e. The fourth-order valence-corrected chi connectivity index (χ4v) is 3.16. The molecule has 4 heterocycles. The van der Waals surface area contributed by atoms with Gasteiger partial charge in [-0.2, -0.15) is 5.48 Å². The molecule has 0 aromatic carbocycles. The molecule has 2 aromatic rings. The van der Waals surface area contributed by atoms with E-state index in [1.807, 2.05) is 13.0 Å². The molecule has 2 aliphatic rings. The van der Waals surface area contributed by atoms with Crippen LogP contribution in [0.2, 0.25) is 0 Å². The lowest BCUT2D eigenvalue weighted by Gasteiger charge is -2.35. The summed E-state index contributed by atoms with van der Waals surface area (Å²) in [6.45, 7) is 4.93. The van der Waals surface area contributed by atoms with E-state index in [4.69, 9.17) is 10.6 Å². The number of nitrogen functional groups attached to an aromatic ring is 1. The number of nitrogens with two attached hydrogens (primary N) is 1. The molecule has 0 unspecified atom stereocenters. The lowest BCUT2D eigenvalue weighted by molar-refractivity contribution is -0.131. The van der Waals surface area contributed by atoms with Crippen LogP contribution >= 0.6 is 0 Å². The van der Waals surface area contributed by atoms with Gasteiger partial charge >= 0.3 is 0 Å². The van der Waals surface area contributed by atoms with E-state index in [1.54, 1.807) is 29.6 Å². The minimum Gasteiger partial charge on any atom is -0.403 e. The highest BCUT2D eigenvalue weighted by Gasteiger charge is 2.27. The van der Waals surface area contributed by atoms with Crippen LogP contribution in [0.25, 0.3) is 0 Å². The zero-order chi connectivity index (χ0) is 20.2. The summed E-state index contributed by atoms with van der Waals surface area (Å²) in [5.41, 5.74) is 10.6. The molecule has 2 aliphatic heterocycles. The number of pyridine rings is 1. The highest BCUT2D eigenvalue weighted by atomic mass is 16.7. The number of carbonyl (C=O) groups excluding carboxylic acids is 1. The molecule has 9 heteroatoms. The SMILES string of the molecule is Cc1ncnc(N2CCN(C(=O)C3=CCNO3)CC2)c1C#Cc1ccc(N)nc1. The molecule has 1 fully saturated rings. The first-order chi connectivity index (χ1) is 14.1. The first-order valence-corrected chi connectivity index (χ1v) is 9.31. The number of carbonyl (C=O) groups is 1. The van der Waals surface area contributed by atoms with Crippen molar-refractivity contribution in [1.29, 1.82) is 0 Å². The number of nitrogens with zero attached hydrogens (tertiary/aromatic N) is 5. The predicted octanol–water partition coefficient (Wildman–Crippen LogP) is 0.229. The summed E-state index contributed by atoms with van der Waals surface area (Å²) < 4.78 is 0. The highest BCUT2D eigenvalue weighted by molar-refractivity contribution is 5.92. The number of anilines is 2. The van der Waals surface area contributed by atoms with Crippen molar-refractivity contribution in [3.05, 3.63) is 53.3 Å². The van der Waals surface area contributed by atoms with Crippen molar-refractivity contribution in [1.82, 2.24) is 25.3 Å². The molecule has 0 atom stereocenters. The van der Waals surface area contributed by atoms with Crippen LogP contribution in [0.3, 0.4) is 0 Å². The second-order valence-corrected chi connectivity index (χ2v) is 6.68. The van der Waals surface area contributed by atoms with Crippen LogP contribution in [0, 0.1) is 18.8 Å². The zero-order valence-electron chi connectivity index (χ0n) is 16.1. The number of aromatic nitrogens is 3. The van der Waals surface area contributed by atoms with E-state index in [0.717, 1.165) is 22.6 Å². The molecule has 4 rings (SSSR count). The molecule has 0 aliphatic carbocycles. The summed E-state index contributed by atoms with van der Waals surface area (Å²) >= 11 is 0. The number of piperazine rings is 1. The number of rotatable bonds is 2. The van der Waals surface area contributed by atoms with E-state index in [-0.39, 0.29) is 5.91 Å². The average molecular weight is 391 g/mol. The van der Waals surface area contributed by atoms with Crippen LogP contribution in [0.5, 0.6) is 0 Å². The van der Waals surface area contributed by atoms with Crippen molar-refractivity contribution >= 4 is 17.5 Å². The van der Waals surface area contributed by atoms with Crippen LogP contribution in [0.1, 0.15) is 16.8 Å². The summed E-state index contributed by atoms with van der Waals surface area (Å²) in [4.78, 5) is 34.3. The van der Waals surface area contributed by atoms with Gasteiger partial charge < -0.3 is 20.4 Å². The van der Waals surface area contributed by atoms with Gasteiger partial charge in [-0.25, -0.2) is 15.0 Å². The van der Waals surface area contributed by atoms with Gasteiger partial charge in [-0.15, -0.1) is 0 Å². The third-order valence-electron chi connectivity index (χ3n) is 4.77. The Morgan fingerprint density at radius 2 is 2.00 bits per heavy atom. The monoisotopic (exact) mass is 391 g/mol. The quantitative estimate of drug-likeness (QED) is 0.700. The Morgan fingerprint density at radius 1 is 1.17 bits per heavy atom. The number of hydrogen-bond acceptors (Lipinski definition) is 8. The molecular formula is C20H21N7O2. The molecule has 29 heavy (non-hydrogen) atoms. The largest absolute Gasteiger partial charge is 0.403 e. The molecule has 0 spiro atoms. The second-order valence-electron chi connectivity index (χ2n) is 6.68. The molecule has 0 saturated carbocycles. The Morgan fingerprint density at radius 3 is 2.69 bits per heavy atom. The molecule has 148 valence electrons. The zero-order valence-corrected chi connectivity index (χ0v) is 16.1. The van der Waals surface area contributed by atoms with Crippen molar-refractivity contribution < 1.29 is 9.63 Å². The number of aryl methyl sites for hydroxylation is 1. The third-order valence-corrected chi connectivity index (χ3v) is 4.77. The lowest BCUT2D eigenvalue weighted by atomic mass is 10.1. The standard InChI is InChI=1S/C20H21N7O2/c1-14-16(4-2-15-3-5-18(21)22-12-15)19(24-13-23-14)26-8-10-27(11-9-26)20(28)17-6-7-25-29-17/h3,5-6,12-13,25H,7-11H2,1H3,(H2,21,22). The van der Waals surface area contributed by atoms with Crippen molar-refractivity contribution in [2.45, 2.75) is 6.92 Å². The molecule has 0 radical (unpaired) electrons. The lowest BCUT2D eigenvalue weighted by Crippen LogP contribution is -2.49. The van der Waals surface area contributed by atoms with Crippen molar-refractivity contribution in [2.24, 2.45) is 0 Å². The van der Waals surface area contributed by atoms with Gasteiger partial charge in [0.1, 0.15) is 18.0 Å². The Balaban J connectivity index is 1.50. The van der Waals surface area contributed by atoms with Crippen LogP contribution in [-0.4, -0.2) is 58.5 Å². The molecule has 1 saturated heterocycles. The maximum atomic E-state index is 12.5. The van der Waals surface area contributed by atoms with Crippen molar-refractivity contribution in [3.63, 3.8) is 0 Å². The van der Waals surface area contributed by atoms with Gasteiger partial charge in [0.15, 0.2) is 0 Å². The van der Waals surface area contributed by atoms with Crippen LogP contribution < -0.4 is 16.1 Å². The second kappa shape index (κ2) is 8.16. The maximum Gasteiger partial charge on any atom is 0.291 e. The third kappa shape index (κ3) is 4.12. The number of hydrogen-bond donors (Lipinski definition) is 2. The summed E-state index contributed by atoms with van der Waals surface area (Å²) in [5.74, 6) is 7.78. The van der Waals surface area contributed by atoms with Gasteiger partial charge in [-0.05, 0) is 25.1 Å². The van der Waals surface area contributed by atoms with E-state index >= 15 is 0 Å². The Kier molecular flexibility index (Phi) is 5.27. The van der Waals surface area contributed by atoms with E-state index in [2.05, 4.69) is 37.2 Å².